The van der Waals surface area contributed by atoms with Gasteiger partial charge in [0.25, 0.3) is 15.8 Å². The summed E-state index contributed by atoms with van der Waals surface area (Å²) in [7, 11) is -3.87. The number of hydrogen-bond acceptors (Lipinski definition) is 4. The predicted molar refractivity (Wildman–Crippen MR) is 121 cm³/mol. The van der Waals surface area contributed by atoms with Crippen molar-refractivity contribution in [2.24, 2.45) is 0 Å². The summed E-state index contributed by atoms with van der Waals surface area (Å²) in [6, 6.07) is 13.3. The number of aryl methyl sites for hydroxylation is 1. The minimum absolute atomic E-state index is 0.0972. The van der Waals surface area contributed by atoms with Gasteiger partial charge in [-0.2, -0.15) is 4.57 Å². The van der Waals surface area contributed by atoms with Gasteiger partial charge >= 0.3 is 0 Å². The molecule has 0 saturated heterocycles. The molecule has 2 heterocycles. The zero-order valence-electron chi connectivity index (χ0n) is 17.1. The molecule has 9 heteroatoms. The molecule has 2 aromatic carbocycles. The van der Waals surface area contributed by atoms with Crippen LogP contribution in [0.1, 0.15) is 26.2 Å². The molecule has 160 valence electrons. The monoisotopic (exact) mass is 456 g/mol. The first-order chi connectivity index (χ1) is 15.0. The molecular formula is C22H23ClN5O2S+. The molecule has 0 atom stereocenters. The Balaban J connectivity index is 1.74. The fourth-order valence-electron chi connectivity index (χ4n) is 3.24. The molecule has 0 aliphatic heterocycles. The first kappa shape index (κ1) is 21.3. The van der Waals surface area contributed by atoms with Crippen molar-refractivity contribution in [3.05, 3.63) is 72.3 Å². The molecular weight excluding hydrogens is 434 g/mol. The lowest BCUT2D eigenvalue weighted by molar-refractivity contribution is -0.696. The fourth-order valence-corrected chi connectivity index (χ4v) is 4.37. The zero-order chi connectivity index (χ0) is 21.8. The standard InChI is InChI=1S/C22H23ClN5O2S/c1-2-3-6-13-27-14-15-28(16-27)22-21(24-19-7-4-5-8-20(19)25-22)26-31(29,30)18-11-9-17(23)10-12-18/h4-5,7-12,14-16H,2-3,6,13H2,1H3,(H,24,26)/q+1. The summed E-state index contributed by atoms with van der Waals surface area (Å²) in [5.41, 5.74) is 1.28. The second-order valence-electron chi connectivity index (χ2n) is 7.21. The van der Waals surface area contributed by atoms with E-state index >= 15 is 0 Å². The molecule has 0 spiro atoms. The average Bonchev–Trinajstić information content (AvgIpc) is 3.22. The molecule has 31 heavy (non-hydrogen) atoms. The van der Waals surface area contributed by atoms with E-state index in [1.165, 1.54) is 24.3 Å². The predicted octanol–water partition coefficient (Wildman–Crippen LogP) is 4.35. The zero-order valence-corrected chi connectivity index (χ0v) is 18.6. The summed E-state index contributed by atoms with van der Waals surface area (Å²) in [4.78, 5) is 9.34. The molecule has 7 nitrogen and oxygen atoms in total. The van der Waals surface area contributed by atoms with E-state index in [4.69, 9.17) is 11.6 Å². The SMILES string of the molecule is CCCCC[n+]1ccn(-c2nc3ccccc3nc2NS(=O)(=O)c2ccc(Cl)cc2)c1. The Bertz CT molecular complexity index is 1300. The van der Waals surface area contributed by atoms with Crippen molar-refractivity contribution in [3.63, 3.8) is 0 Å². The van der Waals surface area contributed by atoms with Crippen molar-refractivity contribution < 1.29 is 13.0 Å². The molecule has 0 amide bonds. The lowest BCUT2D eigenvalue weighted by atomic mass is 10.2. The highest BCUT2D eigenvalue weighted by atomic mass is 35.5. The minimum Gasteiger partial charge on any atom is -0.258 e. The van der Waals surface area contributed by atoms with Gasteiger partial charge in [0.05, 0.1) is 22.5 Å². The molecule has 0 bridgehead atoms. The summed E-state index contributed by atoms with van der Waals surface area (Å²) in [6.07, 6.45) is 9.07. The highest BCUT2D eigenvalue weighted by Gasteiger charge is 2.22. The van der Waals surface area contributed by atoms with Crippen LogP contribution in [0.4, 0.5) is 5.82 Å². The Morgan fingerprint density at radius 3 is 2.45 bits per heavy atom. The Hall–Kier alpha value is -2.97. The summed E-state index contributed by atoms with van der Waals surface area (Å²) < 4.78 is 32.4. The van der Waals surface area contributed by atoms with Crippen LogP contribution in [0.25, 0.3) is 16.9 Å². The van der Waals surface area contributed by atoms with Crippen LogP contribution in [0, 0.1) is 0 Å². The Kier molecular flexibility index (Phi) is 6.20. The maximum atomic E-state index is 13.0. The van der Waals surface area contributed by atoms with E-state index in [2.05, 4.69) is 26.2 Å². The van der Waals surface area contributed by atoms with E-state index in [1.807, 2.05) is 36.9 Å². The largest absolute Gasteiger partial charge is 0.270 e. The molecule has 4 aromatic rings. The number of rotatable bonds is 8. The molecule has 0 radical (unpaired) electrons. The number of aromatic nitrogens is 4. The molecule has 4 rings (SSSR count). The molecule has 1 N–H and O–H groups in total. The van der Waals surface area contributed by atoms with Crippen LogP contribution in [0.3, 0.4) is 0 Å². The van der Waals surface area contributed by atoms with E-state index in [9.17, 15) is 8.42 Å². The van der Waals surface area contributed by atoms with E-state index in [0.717, 1.165) is 25.8 Å². The van der Waals surface area contributed by atoms with Gasteiger partial charge < -0.3 is 0 Å². The van der Waals surface area contributed by atoms with Crippen LogP contribution < -0.4 is 9.29 Å². The number of unbranched alkanes of at least 4 members (excludes halogenated alkanes) is 2. The van der Waals surface area contributed by atoms with Gasteiger partial charge in [-0.1, -0.05) is 37.1 Å². The molecule has 0 saturated carbocycles. The number of para-hydroxylation sites is 2. The van der Waals surface area contributed by atoms with Crippen LogP contribution in [-0.4, -0.2) is 23.0 Å². The van der Waals surface area contributed by atoms with E-state index in [1.54, 1.807) is 10.6 Å². The van der Waals surface area contributed by atoms with Gasteiger partial charge in [0.1, 0.15) is 12.4 Å². The lowest BCUT2D eigenvalue weighted by Crippen LogP contribution is -2.30. The third-order valence-corrected chi connectivity index (χ3v) is 6.47. The van der Waals surface area contributed by atoms with E-state index in [-0.39, 0.29) is 10.7 Å². The van der Waals surface area contributed by atoms with Crippen molar-refractivity contribution >= 4 is 38.5 Å². The number of hydrogen-bond donors (Lipinski definition) is 1. The van der Waals surface area contributed by atoms with Crippen molar-refractivity contribution in [3.8, 4) is 5.82 Å². The first-order valence-electron chi connectivity index (χ1n) is 10.1. The summed E-state index contributed by atoms with van der Waals surface area (Å²) in [5, 5.41) is 0.463. The summed E-state index contributed by atoms with van der Waals surface area (Å²) in [5.74, 6) is 0.565. The number of anilines is 1. The van der Waals surface area contributed by atoms with Crippen molar-refractivity contribution in [2.45, 2.75) is 37.6 Å². The second-order valence-corrected chi connectivity index (χ2v) is 9.33. The Morgan fingerprint density at radius 2 is 1.74 bits per heavy atom. The minimum atomic E-state index is -3.87. The third kappa shape index (κ3) is 4.86. The van der Waals surface area contributed by atoms with Gasteiger partial charge in [-0.15, -0.1) is 0 Å². The van der Waals surface area contributed by atoms with Gasteiger partial charge in [-0.05, 0) is 49.2 Å². The topological polar surface area (TPSA) is 80.8 Å². The second kappa shape index (κ2) is 9.03. The van der Waals surface area contributed by atoms with Gasteiger partial charge in [0, 0.05) is 5.02 Å². The summed E-state index contributed by atoms with van der Waals surface area (Å²) in [6.45, 7) is 3.05. The number of imidazole rings is 1. The Labute approximate surface area is 186 Å². The highest BCUT2D eigenvalue weighted by molar-refractivity contribution is 7.92. The van der Waals surface area contributed by atoms with Crippen LogP contribution in [0.5, 0.6) is 0 Å². The number of benzene rings is 2. The van der Waals surface area contributed by atoms with Gasteiger partial charge in [-0.3, -0.25) is 4.72 Å². The van der Waals surface area contributed by atoms with Crippen LogP contribution >= 0.6 is 11.6 Å². The molecule has 0 unspecified atom stereocenters. The third-order valence-electron chi connectivity index (χ3n) is 4.86. The number of halogens is 1. The van der Waals surface area contributed by atoms with Crippen molar-refractivity contribution in [1.82, 2.24) is 14.5 Å². The van der Waals surface area contributed by atoms with Crippen molar-refractivity contribution in [2.75, 3.05) is 4.72 Å². The maximum Gasteiger partial charge on any atom is 0.270 e. The lowest BCUT2D eigenvalue weighted by Gasteiger charge is -2.10. The number of fused-ring (bicyclic) bond motifs is 1. The van der Waals surface area contributed by atoms with Crippen LogP contribution in [-0.2, 0) is 16.6 Å². The fraction of sp³-hybridized carbons (Fsp3) is 0.227. The van der Waals surface area contributed by atoms with Gasteiger partial charge in [-0.25, -0.2) is 23.0 Å². The van der Waals surface area contributed by atoms with Crippen molar-refractivity contribution in [1.29, 1.82) is 0 Å². The van der Waals surface area contributed by atoms with Crippen LogP contribution in [0.15, 0.2) is 72.1 Å². The number of sulfonamides is 1. The molecule has 0 aliphatic carbocycles. The summed E-state index contributed by atoms with van der Waals surface area (Å²) >= 11 is 5.90. The molecule has 0 fully saturated rings. The first-order valence-corrected chi connectivity index (χ1v) is 11.9. The van der Waals surface area contributed by atoms with E-state index < -0.39 is 10.0 Å². The number of nitrogens with one attached hydrogen (secondary N) is 1. The average molecular weight is 457 g/mol. The highest BCUT2D eigenvalue weighted by Crippen LogP contribution is 2.24. The molecule has 2 aromatic heterocycles. The maximum absolute atomic E-state index is 13.0. The van der Waals surface area contributed by atoms with E-state index in [0.29, 0.717) is 21.9 Å². The Morgan fingerprint density at radius 1 is 1.03 bits per heavy atom. The number of nitrogens with zero attached hydrogens (tertiary/aromatic N) is 4. The van der Waals surface area contributed by atoms with Gasteiger partial charge in [0.15, 0.2) is 0 Å². The normalized spacial score (nSPS) is 11.7. The van der Waals surface area contributed by atoms with Crippen LogP contribution in [0.2, 0.25) is 5.02 Å². The molecule has 0 aliphatic rings. The quantitative estimate of drug-likeness (QED) is 0.315. The van der Waals surface area contributed by atoms with Gasteiger partial charge in [0.2, 0.25) is 12.1 Å². The smallest absolute Gasteiger partial charge is 0.258 e.